The van der Waals surface area contributed by atoms with Gasteiger partial charge in [-0.05, 0) is 0 Å². The molecule has 0 amide bonds. The monoisotopic (exact) mass is 222 g/mol. The Kier molecular flexibility index (Phi) is 16.4. The molecule has 1 radical (unpaired) electrons. The first-order chi connectivity index (χ1) is 3.41. The summed E-state index contributed by atoms with van der Waals surface area (Å²) in [5.41, 5.74) is 0. The molecule has 0 unspecified atom stereocenters. The van der Waals surface area contributed by atoms with Gasteiger partial charge in [-0.25, -0.2) is 4.20 Å². The van der Waals surface area contributed by atoms with Crippen LogP contribution in [0.15, 0.2) is 0 Å². The number of halogens is 1. The molecular formula is C2H5CuFO3PS-. The number of rotatable bonds is 0. The molecule has 0 aromatic carbocycles. The summed E-state index contributed by atoms with van der Waals surface area (Å²) in [5.74, 6) is 0.833. The summed E-state index contributed by atoms with van der Waals surface area (Å²) in [6.07, 6.45) is 0. The van der Waals surface area contributed by atoms with E-state index in [-0.39, 0.29) is 17.1 Å². The average molecular weight is 223 g/mol. The zero-order chi connectivity index (χ0) is 7.21. The van der Waals surface area contributed by atoms with Gasteiger partial charge in [0.1, 0.15) is 7.91 Å². The van der Waals surface area contributed by atoms with E-state index in [0.717, 1.165) is 5.75 Å². The van der Waals surface area contributed by atoms with Crippen molar-refractivity contribution in [2.24, 2.45) is 0 Å². The second kappa shape index (κ2) is 8.95. The molecule has 0 aliphatic carbocycles. The molecule has 0 atom stereocenters. The minimum absolute atomic E-state index is 0. The van der Waals surface area contributed by atoms with Crippen molar-refractivity contribution >= 4 is 20.5 Å². The Morgan fingerprint density at radius 2 is 1.67 bits per heavy atom. The molecule has 9 heavy (non-hydrogen) atoms. The summed E-state index contributed by atoms with van der Waals surface area (Å²) in [6.45, 7) is 1.94. The van der Waals surface area contributed by atoms with E-state index in [4.69, 9.17) is 14.4 Å². The number of hydrogen-bond acceptors (Lipinski definition) is 4. The molecule has 0 aromatic rings. The maximum Gasteiger partial charge on any atom is 2.00 e. The summed E-state index contributed by atoms with van der Waals surface area (Å²) in [7, 11) is -5.64. The minimum Gasteiger partial charge on any atom is -0.793 e. The maximum absolute atomic E-state index is 10.1. The van der Waals surface area contributed by atoms with E-state index < -0.39 is 7.91 Å². The zero-order valence-corrected chi connectivity index (χ0v) is 7.12. The van der Waals surface area contributed by atoms with Crippen LogP contribution in [0.1, 0.15) is 6.92 Å². The van der Waals surface area contributed by atoms with Crippen molar-refractivity contribution in [3.8, 4) is 0 Å². The van der Waals surface area contributed by atoms with Crippen LogP contribution in [0.25, 0.3) is 0 Å². The van der Waals surface area contributed by atoms with Gasteiger partial charge >= 0.3 is 17.1 Å². The van der Waals surface area contributed by atoms with Crippen LogP contribution in [0.4, 0.5) is 4.20 Å². The fourth-order valence-electron chi connectivity index (χ4n) is 0. The predicted molar refractivity (Wildman–Crippen MR) is 26.6 cm³/mol. The molecule has 7 heteroatoms. The van der Waals surface area contributed by atoms with Crippen LogP contribution in [-0.2, 0) is 34.3 Å². The first-order valence-electron chi connectivity index (χ1n) is 1.71. The van der Waals surface area contributed by atoms with E-state index in [1.165, 1.54) is 0 Å². The molecule has 0 fully saturated rings. The second-order valence-corrected chi connectivity index (χ2v) is 2.16. The van der Waals surface area contributed by atoms with Crippen molar-refractivity contribution in [3.63, 3.8) is 0 Å². The van der Waals surface area contributed by atoms with Gasteiger partial charge in [-0.3, -0.25) is 0 Å². The average Bonchev–Trinajstić information content (AvgIpc) is 1.27. The Bertz CT molecular complexity index is 77.6. The van der Waals surface area contributed by atoms with E-state index in [9.17, 15) is 4.20 Å². The van der Waals surface area contributed by atoms with Gasteiger partial charge in [0, 0.05) is 0 Å². The first kappa shape index (κ1) is 16.5. The summed E-state index contributed by atoms with van der Waals surface area (Å²) < 4.78 is 18.6. The van der Waals surface area contributed by atoms with Gasteiger partial charge in [0.05, 0.1) is 0 Å². The third-order valence-electron chi connectivity index (χ3n) is 0. The van der Waals surface area contributed by atoms with Crippen molar-refractivity contribution in [3.05, 3.63) is 0 Å². The Labute approximate surface area is 69.2 Å². The van der Waals surface area contributed by atoms with Crippen molar-refractivity contribution in [1.82, 2.24) is 0 Å². The zero-order valence-electron chi connectivity index (χ0n) is 4.47. The van der Waals surface area contributed by atoms with Crippen LogP contribution >= 0.6 is 7.91 Å². The Hall–Kier alpha value is 0.949. The third kappa shape index (κ3) is 479. The molecule has 0 aliphatic heterocycles. The Morgan fingerprint density at radius 3 is 1.67 bits per heavy atom. The van der Waals surface area contributed by atoms with E-state index in [2.05, 4.69) is 12.6 Å². The summed E-state index contributed by atoms with van der Waals surface area (Å²) in [4.78, 5) is 16.9. The fourth-order valence-corrected chi connectivity index (χ4v) is 0. The summed E-state index contributed by atoms with van der Waals surface area (Å²) in [6, 6.07) is 0. The topological polar surface area (TPSA) is 63.2 Å². The normalized spacial score (nSPS) is 8.56. The van der Waals surface area contributed by atoms with Gasteiger partial charge in [0.2, 0.25) is 0 Å². The van der Waals surface area contributed by atoms with Crippen LogP contribution in [0.3, 0.4) is 0 Å². The van der Waals surface area contributed by atoms with E-state index in [1.807, 2.05) is 6.92 Å². The fraction of sp³-hybridized carbons (Fsp3) is 1.00. The minimum atomic E-state index is -5.64. The molecule has 0 heterocycles. The van der Waals surface area contributed by atoms with Gasteiger partial charge in [0.15, 0.2) is 0 Å². The van der Waals surface area contributed by atoms with E-state index in [0.29, 0.717) is 0 Å². The van der Waals surface area contributed by atoms with Gasteiger partial charge in [0.25, 0.3) is 0 Å². The van der Waals surface area contributed by atoms with E-state index in [1.54, 1.807) is 0 Å². The molecule has 0 N–H and O–H groups in total. The summed E-state index contributed by atoms with van der Waals surface area (Å²) >= 11 is 4.39. The second-order valence-electron chi connectivity index (χ2n) is 0.719. The van der Waals surface area contributed by atoms with Gasteiger partial charge < -0.3 is 27.0 Å². The van der Waals surface area contributed by atoms with Gasteiger partial charge in [-0.1, -0.05) is 6.92 Å². The van der Waals surface area contributed by atoms with Crippen LogP contribution in [0.2, 0.25) is 0 Å². The molecule has 0 saturated heterocycles. The quantitative estimate of drug-likeness (QED) is 0.310. The smallest absolute Gasteiger partial charge is 0.793 e. The molecule has 3 nitrogen and oxygen atoms in total. The van der Waals surface area contributed by atoms with Crippen LogP contribution in [0.5, 0.6) is 0 Å². The van der Waals surface area contributed by atoms with Gasteiger partial charge in [-0.15, -0.1) is 0 Å². The van der Waals surface area contributed by atoms with Crippen molar-refractivity contribution in [2.45, 2.75) is 6.92 Å². The van der Waals surface area contributed by atoms with Crippen LogP contribution in [0, 0.1) is 0 Å². The van der Waals surface area contributed by atoms with Crippen LogP contribution < -0.4 is 9.79 Å². The molecule has 0 aliphatic rings. The molecule has 0 spiro atoms. The standard InChI is InChI=1S/C2H6S.Cu.FH2O3P/c1-2-3;;1-5(2,3)4/h3H,2H2,1H3;;(H2,2,3,4)/q;+2;/p-3. The molecule has 61 valence electrons. The molecule has 0 aromatic heterocycles. The molecule has 0 saturated carbocycles. The Balaban J connectivity index is -0.0000000800. The Morgan fingerprint density at radius 1 is 1.67 bits per heavy atom. The predicted octanol–water partition coefficient (Wildman–Crippen LogP) is -0.665. The van der Waals surface area contributed by atoms with Crippen molar-refractivity contribution < 1.29 is 35.6 Å². The SMILES string of the molecule is CC[S-].O=P([O-])([O-])F.[Cu+2]. The largest absolute Gasteiger partial charge is 2.00 e. The molecule has 0 bridgehead atoms. The summed E-state index contributed by atoms with van der Waals surface area (Å²) in [5, 5.41) is 0. The van der Waals surface area contributed by atoms with Crippen LogP contribution in [-0.4, -0.2) is 5.75 Å². The van der Waals surface area contributed by atoms with E-state index >= 15 is 0 Å². The first-order valence-corrected chi connectivity index (χ1v) is 3.72. The number of hydrogen-bond donors (Lipinski definition) is 0. The maximum atomic E-state index is 10.1. The third-order valence-corrected chi connectivity index (χ3v) is 0. The molecular weight excluding hydrogens is 218 g/mol. The van der Waals surface area contributed by atoms with Crippen molar-refractivity contribution in [1.29, 1.82) is 0 Å². The van der Waals surface area contributed by atoms with Crippen molar-refractivity contribution in [2.75, 3.05) is 5.75 Å². The van der Waals surface area contributed by atoms with Gasteiger partial charge in [-0.2, -0.15) is 5.75 Å². The molecule has 0 rings (SSSR count).